The van der Waals surface area contributed by atoms with Crippen molar-refractivity contribution in [2.75, 3.05) is 6.61 Å². The molecule has 0 saturated carbocycles. The first-order valence-corrected chi connectivity index (χ1v) is 10.3. The molecule has 0 saturated heterocycles. The lowest BCUT2D eigenvalue weighted by Crippen LogP contribution is -2.49. The van der Waals surface area contributed by atoms with E-state index in [0.717, 1.165) is 10.4 Å². The maximum Gasteiger partial charge on any atom is 0.326 e. The lowest BCUT2D eigenvalue weighted by Gasteiger charge is -2.29. The van der Waals surface area contributed by atoms with Gasteiger partial charge in [-0.3, -0.25) is 9.78 Å². The number of ether oxygens (including phenoxy) is 1. The summed E-state index contributed by atoms with van der Waals surface area (Å²) >= 11 is 1.21. The zero-order valence-electron chi connectivity index (χ0n) is 16.8. The Bertz CT molecular complexity index is 1170. The van der Waals surface area contributed by atoms with Gasteiger partial charge in [0.25, 0.3) is 5.56 Å². The predicted octanol–water partition coefficient (Wildman–Crippen LogP) is -0.338. The average molecular weight is 452 g/mol. The maximum atomic E-state index is 11.9. The lowest BCUT2D eigenvalue weighted by atomic mass is 9.97. The summed E-state index contributed by atoms with van der Waals surface area (Å²) in [5.41, 5.74) is 0.709. The number of thiophene rings is 1. The highest BCUT2D eigenvalue weighted by atomic mass is 32.1. The standard InChI is InChI=1S/C20H24N2O8S/c1-8-5-10(13-6-11-17(31-13)18(27)22-20(29)21-11)3-4-12(8)30-19(28)16(26)15(25)14(24)9(2)7-23/h3-6,9,14-16,19,23-26,28H,7H2,1-2H3,(H2,21,22,27,29). The number of aromatic amines is 2. The second-order valence-corrected chi connectivity index (χ2v) is 8.43. The molecule has 168 valence electrons. The SMILES string of the molecule is Cc1cc(-c2cc3[nH]c(=O)[nH]c(=O)c3s2)ccc1OC(O)C(O)C(O)C(O)C(C)CO. The van der Waals surface area contributed by atoms with Gasteiger partial charge >= 0.3 is 5.69 Å². The molecule has 7 N–H and O–H groups in total. The van der Waals surface area contributed by atoms with Crippen LogP contribution in [0.1, 0.15) is 12.5 Å². The number of rotatable bonds is 8. The van der Waals surface area contributed by atoms with Gasteiger partial charge in [-0.2, -0.15) is 0 Å². The molecule has 0 aliphatic heterocycles. The molecule has 1 aromatic carbocycles. The van der Waals surface area contributed by atoms with Crippen LogP contribution >= 0.6 is 11.3 Å². The molecule has 31 heavy (non-hydrogen) atoms. The fourth-order valence-electron chi connectivity index (χ4n) is 3.06. The minimum atomic E-state index is -1.83. The van der Waals surface area contributed by atoms with Crippen LogP contribution in [0, 0.1) is 12.8 Å². The Hall–Kier alpha value is -2.54. The van der Waals surface area contributed by atoms with Crippen molar-refractivity contribution in [2.24, 2.45) is 5.92 Å². The number of aliphatic hydroxyl groups is 5. The summed E-state index contributed by atoms with van der Waals surface area (Å²) in [6.45, 7) is 2.78. The average Bonchev–Trinajstić information content (AvgIpc) is 3.17. The van der Waals surface area contributed by atoms with Crippen LogP contribution in [0.3, 0.4) is 0 Å². The highest BCUT2D eigenvalue weighted by molar-refractivity contribution is 7.22. The number of aromatic nitrogens is 2. The smallest absolute Gasteiger partial charge is 0.326 e. The van der Waals surface area contributed by atoms with Gasteiger partial charge < -0.3 is 35.3 Å². The first-order valence-electron chi connectivity index (χ1n) is 9.49. The van der Waals surface area contributed by atoms with Gasteiger partial charge in [-0.1, -0.05) is 6.92 Å². The van der Waals surface area contributed by atoms with E-state index in [1.165, 1.54) is 18.3 Å². The number of aryl methyl sites for hydroxylation is 1. The van der Waals surface area contributed by atoms with Crippen LogP contribution in [-0.4, -0.2) is 66.7 Å². The van der Waals surface area contributed by atoms with Gasteiger partial charge in [-0.05, 0) is 42.3 Å². The summed E-state index contributed by atoms with van der Waals surface area (Å²) in [6, 6.07) is 6.66. The van der Waals surface area contributed by atoms with Crippen LogP contribution in [0.15, 0.2) is 33.9 Å². The predicted molar refractivity (Wildman–Crippen MR) is 114 cm³/mol. The number of hydrogen-bond donors (Lipinski definition) is 7. The molecule has 0 fully saturated rings. The number of fused-ring (bicyclic) bond motifs is 1. The molecule has 5 atom stereocenters. The maximum absolute atomic E-state index is 11.9. The van der Waals surface area contributed by atoms with Gasteiger partial charge in [0, 0.05) is 17.4 Å². The third-order valence-electron chi connectivity index (χ3n) is 4.98. The van der Waals surface area contributed by atoms with Crippen LogP contribution < -0.4 is 16.0 Å². The molecular formula is C20H24N2O8S. The first kappa shape index (κ1) is 23.1. The molecule has 0 amide bonds. The Balaban J connectivity index is 1.79. The molecular weight excluding hydrogens is 428 g/mol. The van der Waals surface area contributed by atoms with Crippen LogP contribution in [0.2, 0.25) is 0 Å². The Morgan fingerprint density at radius 1 is 1.03 bits per heavy atom. The van der Waals surface area contributed by atoms with Gasteiger partial charge in [0.2, 0.25) is 6.29 Å². The highest BCUT2D eigenvalue weighted by Crippen LogP contribution is 2.33. The number of benzene rings is 1. The Morgan fingerprint density at radius 2 is 1.74 bits per heavy atom. The molecule has 3 rings (SSSR count). The van der Waals surface area contributed by atoms with Gasteiger partial charge in [-0.15, -0.1) is 11.3 Å². The third kappa shape index (κ3) is 4.87. The monoisotopic (exact) mass is 452 g/mol. The van der Waals surface area contributed by atoms with Crippen molar-refractivity contribution in [2.45, 2.75) is 38.4 Å². The number of hydrogen-bond acceptors (Lipinski definition) is 9. The Labute approximate surface area is 180 Å². The molecule has 3 aromatic rings. The van der Waals surface area contributed by atoms with E-state index in [0.29, 0.717) is 15.8 Å². The number of aliphatic hydroxyl groups excluding tert-OH is 5. The summed E-state index contributed by atoms with van der Waals surface area (Å²) < 4.78 is 5.73. The van der Waals surface area contributed by atoms with Crippen molar-refractivity contribution < 1.29 is 30.3 Å². The minimum absolute atomic E-state index is 0.236. The zero-order valence-corrected chi connectivity index (χ0v) is 17.6. The van der Waals surface area contributed by atoms with Gasteiger partial charge in [0.15, 0.2) is 0 Å². The summed E-state index contributed by atoms with van der Waals surface area (Å²) in [5, 5.41) is 49.2. The largest absolute Gasteiger partial charge is 0.462 e. The van der Waals surface area contributed by atoms with Crippen molar-refractivity contribution in [3.05, 3.63) is 50.7 Å². The normalized spacial score (nSPS) is 16.6. The first-order chi connectivity index (χ1) is 14.6. The van der Waals surface area contributed by atoms with E-state index in [9.17, 15) is 30.0 Å². The van der Waals surface area contributed by atoms with Crippen LogP contribution in [0.5, 0.6) is 5.75 Å². The zero-order chi connectivity index (χ0) is 22.9. The number of H-pyrrole nitrogens is 2. The molecule has 2 heterocycles. The van der Waals surface area contributed by atoms with Crippen molar-refractivity contribution in [3.63, 3.8) is 0 Å². The van der Waals surface area contributed by atoms with Crippen molar-refractivity contribution in [3.8, 4) is 16.2 Å². The number of nitrogens with one attached hydrogen (secondary N) is 2. The molecule has 0 bridgehead atoms. The molecule has 10 nitrogen and oxygen atoms in total. The van der Waals surface area contributed by atoms with Gasteiger partial charge in [0.1, 0.15) is 22.7 Å². The molecule has 0 aliphatic rings. The van der Waals surface area contributed by atoms with E-state index in [1.54, 1.807) is 31.2 Å². The van der Waals surface area contributed by atoms with E-state index in [-0.39, 0.29) is 5.75 Å². The molecule has 0 radical (unpaired) electrons. The summed E-state index contributed by atoms with van der Waals surface area (Å²) in [4.78, 5) is 28.8. The molecule has 0 aliphatic carbocycles. The van der Waals surface area contributed by atoms with E-state index < -0.39 is 48.4 Å². The van der Waals surface area contributed by atoms with Crippen molar-refractivity contribution in [1.29, 1.82) is 0 Å². The van der Waals surface area contributed by atoms with Gasteiger partial charge in [0.05, 0.1) is 11.6 Å². The Morgan fingerprint density at radius 3 is 2.39 bits per heavy atom. The van der Waals surface area contributed by atoms with Crippen LogP contribution in [0.25, 0.3) is 20.7 Å². The molecule has 5 unspecified atom stereocenters. The van der Waals surface area contributed by atoms with Crippen LogP contribution in [0.4, 0.5) is 0 Å². The topological polar surface area (TPSA) is 176 Å². The Kier molecular flexibility index (Phi) is 6.94. The second-order valence-electron chi connectivity index (χ2n) is 7.38. The summed E-state index contributed by atoms with van der Waals surface area (Å²) in [7, 11) is 0. The van der Waals surface area contributed by atoms with E-state index in [2.05, 4.69) is 9.97 Å². The van der Waals surface area contributed by atoms with E-state index in [4.69, 9.17) is 9.84 Å². The van der Waals surface area contributed by atoms with Crippen molar-refractivity contribution >= 4 is 21.6 Å². The van der Waals surface area contributed by atoms with Crippen molar-refractivity contribution in [1.82, 2.24) is 9.97 Å². The quantitative estimate of drug-likeness (QED) is 0.227. The second kappa shape index (κ2) is 9.30. The summed E-state index contributed by atoms with van der Waals surface area (Å²) in [6.07, 6.45) is -6.82. The van der Waals surface area contributed by atoms with E-state index >= 15 is 0 Å². The summed E-state index contributed by atoms with van der Waals surface area (Å²) in [5.74, 6) is -0.471. The highest BCUT2D eigenvalue weighted by Gasteiger charge is 2.34. The fraction of sp³-hybridized carbons (Fsp3) is 0.400. The van der Waals surface area contributed by atoms with Gasteiger partial charge in [-0.25, -0.2) is 4.79 Å². The third-order valence-corrected chi connectivity index (χ3v) is 6.17. The molecule has 11 heteroatoms. The van der Waals surface area contributed by atoms with Crippen LogP contribution in [-0.2, 0) is 0 Å². The lowest BCUT2D eigenvalue weighted by molar-refractivity contribution is -0.172. The van der Waals surface area contributed by atoms with E-state index in [1.807, 2.05) is 0 Å². The molecule has 0 spiro atoms. The minimum Gasteiger partial charge on any atom is -0.462 e. The fourth-order valence-corrected chi connectivity index (χ4v) is 4.06. The molecule has 2 aromatic heterocycles.